The number of hydrogen-bond donors (Lipinski definition) is 0. The molecule has 0 heterocycles. The molecule has 0 saturated heterocycles. The van der Waals surface area contributed by atoms with Crippen LogP contribution < -0.4 is 4.74 Å². The van der Waals surface area contributed by atoms with Crippen molar-refractivity contribution in [3.05, 3.63) is 28.8 Å². The fourth-order valence-corrected chi connectivity index (χ4v) is 5.58. The maximum atomic E-state index is 13.1. The monoisotopic (exact) mass is 304 g/mol. The smallest absolute Gasteiger partial charge is 0.170 e. The minimum Gasteiger partial charge on any atom is -0.496 e. The van der Waals surface area contributed by atoms with Gasteiger partial charge in [-0.15, -0.1) is 0 Å². The molecule has 21 heavy (non-hydrogen) atoms. The van der Waals surface area contributed by atoms with E-state index in [1.54, 1.807) is 19.2 Å². The van der Waals surface area contributed by atoms with Gasteiger partial charge >= 0.3 is 0 Å². The van der Waals surface area contributed by atoms with Crippen LogP contribution in [0.2, 0.25) is 5.02 Å². The summed E-state index contributed by atoms with van der Waals surface area (Å²) in [7, 11) is 1.62. The second-order valence-corrected chi connectivity index (χ2v) is 7.60. The van der Waals surface area contributed by atoms with Gasteiger partial charge in [-0.3, -0.25) is 4.79 Å². The number of benzene rings is 1. The molecular formula is C18H21ClO2. The van der Waals surface area contributed by atoms with Crippen molar-refractivity contribution in [1.82, 2.24) is 0 Å². The highest BCUT2D eigenvalue weighted by atomic mass is 35.5. The summed E-state index contributed by atoms with van der Waals surface area (Å²) >= 11 is 6.10. The summed E-state index contributed by atoms with van der Waals surface area (Å²) in [4.78, 5) is 13.1. The lowest BCUT2D eigenvalue weighted by Gasteiger charge is -2.53. The molecule has 4 fully saturated rings. The lowest BCUT2D eigenvalue weighted by molar-refractivity contribution is -0.0252. The van der Waals surface area contributed by atoms with Crippen molar-refractivity contribution in [2.45, 2.75) is 32.1 Å². The highest BCUT2D eigenvalue weighted by Crippen LogP contribution is 2.57. The molecule has 1 aromatic carbocycles. The standard InChI is InChI=1S/C18H21ClO2/c1-21-16-3-2-14(19)9-15(16)18(20)17-12-5-10-4-11(7-12)8-13(17)6-10/h2-3,9-13,17H,4-8H2,1H3. The topological polar surface area (TPSA) is 26.3 Å². The van der Waals surface area contributed by atoms with Gasteiger partial charge in [0.1, 0.15) is 5.75 Å². The first-order chi connectivity index (χ1) is 10.2. The fraction of sp³-hybridized carbons (Fsp3) is 0.611. The number of Topliss-reactive ketones (excluding diaryl/α,β-unsaturated/α-hetero) is 1. The number of rotatable bonds is 3. The summed E-state index contributed by atoms with van der Waals surface area (Å²) in [5.41, 5.74) is 0.683. The Bertz CT molecular complexity index is 553. The van der Waals surface area contributed by atoms with E-state index in [-0.39, 0.29) is 11.7 Å². The Hall–Kier alpha value is -1.02. The Balaban J connectivity index is 1.67. The van der Waals surface area contributed by atoms with Gasteiger partial charge in [0, 0.05) is 10.9 Å². The first-order valence-electron chi connectivity index (χ1n) is 8.03. The summed E-state index contributed by atoms with van der Waals surface area (Å²) in [5.74, 6) is 4.09. The minimum absolute atomic E-state index is 0.199. The fourth-order valence-electron chi connectivity index (χ4n) is 5.41. The van der Waals surface area contributed by atoms with Crippen LogP contribution in [-0.2, 0) is 0 Å². The van der Waals surface area contributed by atoms with Gasteiger partial charge in [-0.1, -0.05) is 11.6 Å². The van der Waals surface area contributed by atoms with Gasteiger partial charge < -0.3 is 4.74 Å². The molecule has 1 aromatic rings. The van der Waals surface area contributed by atoms with Gasteiger partial charge in [0.2, 0.25) is 0 Å². The van der Waals surface area contributed by atoms with Gasteiger partial charge in [-0.05, 0) is 74.0 Å². The molecular weight excluding hydrogens is 284 g/mol. The Kier molecular flexibility index (Phi) is 3.25. The van der Waals surface area contributed by atoms with Crippen LogP contribution in [0.4, 0.5) is 0 Å². The molecule has 0 N–H and O–H groups in total. The normalized spacial score (nSPS) is 36.8. The minimum atomic E-state index is 0.199. The van der Waals surface area contributed by atoms with E-state index in [0.29, 0.717) is 28.2 Å². The van der Waals surface area contributed by atoms with Crippen LogP contribution in [0.25, 0.3) is 0 Å². The van der Waals surface area contributed by atoms with Crippen LogP contribution in [-0.4, -0.2) is 12.9 Å². The summed E-state index contributed by atoms with van der Waals surface area (Å²) < 4.78 is 5.38. The molecule has 0 aliphatic heterocycles. The van der Waals surface area contributed by atoms with E-state index in [4.69, 9.17) is 16.3 Å². The summed E-state index contributed by atoms with van der Waals surface area (Å²) in [6.45, 7) is 0. The molecule has 3 heteroatoms. The van der Waals surface area contributed by atoms with Crippen molar-refractivity contribution in [2.75, 3.05) is 7.11 Å². The highest BCUT2D eigenvalue weighted by molar-refractivity contribution is 6.31. The molecule has 4 aliphatic carbocycles. The molecule has 0 atom stereocenters. The number of halogens is 1. The van der Waals surface area contributed by atoms with Crippen molar-refractivity contribution >= 4 is 17.4 Å². The summed E-state index contributed by atoms with van der Waals surface area (Å²) in [5, 5.41) is 0.614. The van der Waals surface area contributed by atoms with Crippen molar-refractivity contribution in [2.24, 2.45) is 29.6 Å². The second-order valence-electron chi connectivity index (χ2n) is 7.17. The van der Waals surface area contributed by atoms with Gasteiger partial charge in [0.15, 0.2) is 5.78 Å². The zero-order valence-electron chi connectivity index (χ0n) is 12.3. The number of methoxy groups -OCH3 is 1. The first-order valence-corrected chi connectivity index (χ1v) is 8.41. The van der Waals surface area contributed by atoms with Crippen LogP contribution in [0.15, 0.2) is 18.2 Å². The van der Waals surface area contributed by atoms with Crippen LogP contribution in [0.5, 0.6) is 5.75 Å². The van der Waals surface area contributed by atoms with Crippen LogP contribution in [0.1, 0.15) is 42.5 Å². The molecule has 0 radical (unpaired) electrons. The number of carbonyl (C=O) groups is 1. The van der Waals surface area contributed by atoms with Crippen molar-refractivity contribution in [3.8, 4) is 5.75 Å². The Labute approximate surface area is 130 Å². The Morgan fingerprint density at radius 2 is 1.71 bits per heavy atom. The molecule has 0 spiro atoms. The molecule has 0 aromatic heterocycles. The third-order valence-electron chi connectivity index (χ3n) is 5.96. The van der Waals surface area contributed by atoms with Gasteiger partial charge in [-0.25, -0.2) is 0 Å². The number of carbonyl (C=O) groups excluding carboxylic acids is 1. The molecule has 2 nitrogen and oxygen atoms in total. The largest absolute Gasteiger partial charge is 0.496 e. The number of ketones is 1. The van der Waals surface area contributed by atoms with E-state index >= 15 is 0 Å². The number of ether oxygens (including phenoxy) is 1. The average Bonchev–Trinajstić information content (AvgIpc) is 2.46. The lowest BCUT2D eigenvalue weighted by atomic mass is 9.51. The third kappa shape index (κ3) is 2.19. The summed E-state index contributed by atoms with van der Waals surface area (Å²) in [6.07, 6.45) is 6.44. The molecule has 0 amide bonds. The van der Waals surface area contributed by atoms with Crippen molar-refractivity contribution in [3.63, 3.8) is 0 Å². The molecule has 4 saturated carbocycles. The van der Waals surface area contributed by atoms with Gasteiger partial charge in [-0.2, -0.15) is 0 Å². The molecule has 0 unspecified atom stereocenters. The molecule has 4 bridgehead atoms. The van der Waals surface area contributed by atoms with Crippen LogP contribution in [0, 0.1) is 29.6 Å². The zero-order valence-corrected chi connectivity index (χ0v) is 13.1. The second kappa shape index (κ2) is 5.01. The van der Waals surface area contributed by atoms with E-state index in [0.717, 1.165) is 11.8 Å². The SMILES string of the molecule is COc1ccc(Cl)cc1C(=O)C1C2CC3CC(C2)CC1C3. The predicted octanol–water partition coefficient (Wildman–Crippen LogP) is 4.60. The Morgan fingerprint density at radius 3 is 2.29 bits per heavy atom. The summed E-state index contributed by atoms with van der Waals surface area (Å²) in [6, 6.07) is 5.38. The quantitative estimate of drug-likeness (QED) is 0.763. The third-order valence-corrected chi connectivity index (χ3v) is 6.19. The van der Waals surface area contributed by atoms with E-state index in [2.05, 4.69) is 0 Å². The Morgan fingerprint density at radius 1 is 1.10 bits per heavy atom. The zero-order chi connectivity index (χ0) is 14.6. The predicted molar refractivity (Wildman–Crippen MR) is 82.9 cm³/mol. The van der Waals surface area contributed by atoms with Crippen molar-refractivity contribution in [1.29, 1.82) is 0 Å². The van der Waals surface area contributed by atoms with Gasteiger partial charge in [0.05, 0.1) is 12.7 Å². The van der Waals surface area contributed by atoms with E-state index in [9.17, 15) is 4.79 Å². The average molecular weight is 305 g/mol. The highest BCUT2D eigenvalue weighted by Gasteiger charge is 2.51. The molecule has 112 valence electrons. The maximum Gasteiger partial charge on any atom is 0.170 e. The number of hydrogen-bond acceptors (Lipinski definition) is 2. The van der Waals surface area contributed by atoms with Crippen LogP contribution >= 0.6 is 11.6 Å². The van der Waals surface area contributed by atoms with Crippen LogP contribution in [0.3, 0.4) is 0 Å². The molecule has 5 rings (SSSR count). The van der Waals surface area contributed by atoms with E-state index < -0.39 is 0 Å². The maximum absolute atomic E-state index is 13.1. The van der Waals surface area contributed by atoms with E-state index in [1.807, 2.05) is 6.07 Å². The first kappa shape index (κ1) is 13.6. The van der Waals surface area contributed by atoms with Crippen molar-refractivity contribution < 1.29 is 9.53 Å². The lowest BCUT2D eigenvalue weighted by Crippen LogP contribution is -2.48. The molecule has 4 aliphatic rings. The van der Waals surface area contributed by atoms with E-state index in [1.165, 1.54) is 32.1 Å². The van der Waals surface area contributed by atoms with Gasteiger partial charge in [0.25, 0.3) is 0 Å².